The number of unbranched alkanes of at least 4 members (excludes halogenated alkanes) is 45. The van der Waals surface area contributed by atoms with Crippen LogP contribution in [-0.4, -0.2) is 87.4 Å². The molecule has 0 aromatic carbocycles. The van der Waals surface area contributed by atoms with E-state index >= 15 is 0 Å². The SMILES string of the molecule is CCCCCCC/C=C\C/C=C\CCCCCCCCCCCCCC(=O)OC(COC(=O)CCCCCCCCCCCCCCCCCCCCCCC/C=C\CCCCCCCCCC)COC(OCC[N+](C)(C)C)C(=O)O. The quantitative estimate of drug-likeness (QED) is 0.0211. The maximum absolute atomic E-state index is 12.9. The number of likely N-dealkylation sites (N-methyl/N-ethyl adjacent to an activating group) is 1. The number of esters is 2. The van der Waals surface area contributed by atoms with Crippen molar-refractivity contribution in [1.29, 1.82) is 0 Å². The number of quaternary nitrogens is 1. The Balaban J connectivity index is 4.04. The first-order valence-electron chi connectivity index (χ1n) is 35.2. The van der Waals surface area contributed by atoms with Crippen molar-refractivity contribution < 1.29 is 42.9 Å². The Kier molecular flexibility index (Phi) is 61.6. The van der Waals surface area contributed by atoms with Gasteiger partial charge in [0.25, 0.3) is 6.29 Å². The van der Waals surface area contributed by atoms with Gasteiger partial charge in [-0.1, -0.05) is 301 Å². The fourth-order valence-corrected chi connectivity index (χ4v) is 10.5. The molecule has 0 aliphatic rings. The van der Waals surface area contributed by atoms with Crippen LogP contribution in [0.2, 0.25) is 0 Å². The van der Waals surface area contributed by atoms with Gasteiger partial charge in [-0.2, -0.15) is 0 Å². The van der Waals surface area contributed by atoms with E-state index in [-0.39, 0.29) is 32.2 Å². The average molecular weight is 1140 g/mol. The van der Waals surface area contributed by atoms with Gasteiger partial charge in [-0.25, -0.2) is 4.79 Å². The van der Waals surface area contributed by atoms with Gasteiger partial charge < -0.3 is 28.5 Å². The first-order chi connectivity index (χ1) is 39.6. The van der Waals surface area contributed by atoms with Gasteiger partial charge in [0.15, 0.2) is 6.10 Å². The van der Waals surface area contributed by atoms with E-state index in [0.717, 1.165) is 44.9 Å². The van der Waals surface area contributed by atoms with E-state index in [9.17, 15) is 19.5 Å². The Labute approximate surface area is 502 Å². The third-order valence-electron chi connectivity index (χ3n) is 15.9. The second kappa shape index (κ2) is 63.5. The fourth-order valence-electron chi connectivity index (χ4n) is 10.5. The summed E-state index contributed by atoms with van der Waals surface area (Å²) in [5.74, 6) is -1.98. The average Bonchev–Trinajstić information content (AvgIpc) is 3.44. The van der Waals surface area contributed by atoms with Crippen LogP contribution in [0.3, 0.4) is 0 Å². The number of hydrogen-bond acceptors (Lipinski definition) is 7. The molecule has 0 spiro atoms. The predicted octanol–water partition coefficient (Wildman–Crippen LogP) is 21.6. The fraction of sp³-hybridized carbons (Fsp3) is 0.875. The number of carboxylic acids is 1. The summed E-state index contributed by atoms with van der Waals surface area (Å²) in [5.41, 5.74) is 0. The van der Waals surface area contributed by atoms with E-state index in [2.05, 4.69) is 50.3 Å². The van der Waals surface area contributed by atoms with Crippen LogP contribution < -0.4 is 0 Å². The molecule has 9 nitrogen and oxygen atoms in total. The number of carboxylic acid groups (broad SMARTS) is 1. The van der Waals surface area contributed by atoms with Crippen LogP contribution in [0, 0.1) is 0 Å². The molecule has 2 unspecified atom stereocenters. The predicted molar refractivity (Wildman–Crippen MR) is 346 cm³/mol. The summed E-state index contributed by atoms with van der Waals surface area (Å²) in [6.07, 6.45) is 76.9. The van der Waals surface area contributed by atoms with Gasteiger partial charge >= 0.3 is 17.9 Å². The second-order valence-corrected chi connectivity index (χ2v) is 25.2. The number of carbonyl (C=O) groups excluding carboxylic acids is 2. The molecule has 0 aromatic heterocycles. The van der Waals surface area contributed by atoms with Crippen molar-refractivity contribution in [3.8, 4) is 0 Å². The molecule has 0 bridgehead atoms. The molecule has 81 heavy (non-hydrogen) atoms. The normalized spacial score (nSPS) is 12.9. The van der Waals surface area contributed by atoms with Crippen LogP contribution in [0.1, 0.15) is 348 Å². The molecule has 0 aliphatic heterocycles. The number of rotatable bonds is 66. The van der Waals surface area contributed by atoms with Crippen LogP contribution in [0.4, 0.5) is 0 Å². The molecule has 0 fully saturated rings. The molecule has 0 saturated carbocycles. The number of allylic oxidation sites excluding steroid dienone is 6. The van der Waals surface area contributed by atoms with Gasteiger partial charge in [-0.15, -0.1) is 0 Å². The van der Waals surface area contributed by atoms with Crippen LogP contribution >= 0.6 is 0 Å². The van der Waals surface area contributed by atoms with Crippen molar-refractivity contribution >= 4 is 17.9 Å². The zero-order chi connectivity index (χ0) is 59.1. The van der Waals surface area contributed by atoms with Crippen molar-refractivity contribution in [2.24, 2.45) is 0 Å². The third kappa shape index (κ3) is 64.9. The molecule has 0 heterocycles. The minimum Gasteiger partial charge on any atom is -0.477 e. The van der Waals surface area contributed by atoms with Gasteiger partial charge in [-0.05, 0) is 70.6 Å². The lowest BCUT2D eigenvalue weighted by atomic mass is 10.0. The van der Waals surface area contributed by atoms with Crippen molar-refractivity contribution in [2.75, 3.05) is 47.5 Å². The Bertz CT molecular complexity index is 1420. The monoisotopic (exact) mass is 1140 g/mol. The topological polar surface area (TPSA) is 108 Å². The first kappa shape index (κ1) is 78.5. The molecule has 0 aromatic rings. The molecule has 0 rings (SSSR count). The summed E-state index contributed by atoms with van der Waals surface area (Å²) in [5, 5.41) is 9.74. The van der Waals surface area contributed by atoms with Gasteiger partial charge in [0.05, 0.1) is 34.4 Å². The lowest BCUT2D eigenvalue weighted by Gasteiger charge is -2.25. The van der Waals surface area contributed by atoms with E-state index < -0.39 is 24.3 Å². The van der Waals surface area contributed by atoms with Crippen LogP contribution in [-0.2, 0) is 33.3 Å². The molecule has 0 amide bonds. The van der Waals surface area contributed by atoms with Crippen molar-refractivity contribution in [1.82, 2.24) is 0 Å². The summed E-state index contributed by atoms with van der Waals surface area (Å²) in [6, 6.07) is 0. The smallest absolute Gasteiger partial charge is 0.361 e. The Hall–Kier alpha value is -2.49. The summed E-state index contributed by atoms with van der Waals surface area (Å²) < 4.78 is 23.0. The van der Waals surface area contributed by atoms with E-state index in [1.54, 1.807) is 0 Å². The molecule has 0 saturated heterocycles. The van der Waals surface area contributed by atoms with Gasteiger partial charge in [0.2, 0.25) is 0 Å². The number of ether oxygens (including phenoxy) is 4. The van der Waals surface area contributed by atoms with Gasteiger partial charge in [0.1, 0.15) is 13.2 Å². The van der Waals surface area contributed by atoms with Gasteiger partial charge in [-0.3, -0.25) is 9.59 Å². The number of aliphatic carboxylic acids is 1. The highest BCUT2D eigenvalue weighted by Gasteiger charge is 2.25. The maximum atomic E-state index is 12.9. The zero-order valence-electron chi connectivity index (χ0n) is 54.5. The number of hydrogen-bond donors (Lipinski definition) is 1. The van der Waals surface area contributed by atoms with Crippen molar-refractivity contribution in [3.63, 3.8) is 0 Å². The van der Waals surface area contributed by atoms with Crippen molar-refractivity contribution in [2.45, 2.75) is 360 Å². The maximum Gasteiger partial charge on any atom is 0.361 e. The van der Waals surface area contributed by atoms with E-state index in [0.29, 0.717) is 17.4 Å². The van der Waals surface area contributed by atoms with Crippen LogP contribution in [0.15, 0.2) is 36.5 Å². The Morgan fingerprint density at radius 3 is 0.988 bits per heavy atom. The van der Waals surface area contributed by atoms with Crippen LogP contribution in [0.5, 0.6) is 0 Å². The molecule has 0 aliphatic carbocycles. The lowest BCUT2D eigenvalue weighted by molar-refractivity contribution is -0.870. The Morgan fingerprint density at radius 1 is 0.370 bits per heavy atom. The second-order valence-electron chi connectivity index (χ2n) is 25.2. The molecular formula is C72H136NO8+. The van der Waals surface area contributed by atoms with Crippen LogP contribution in [0.25, 0.3) is 0 Å². The molecule has 2 atom stereocenters. The molecular weight excluding hydrogens is 1010 g/mol. The minimum absolute atomic E-state index is 0.178. The summed E-state index contributed by atoms with van der Waals surface area (Å²) in [6.45, 7) is 4.92. The zero-order valence-corrected chi connectivity index (χ0v) is 54.5. The molecule has 476 valence electrons. The number of nitrogens with zero attached hydrogens (tertiary/aromatic N) is 1. The highest BCUT2D eigenvalue weighted by Crippen LogP contribution is 2.18. The number of carbonyl (C=O) groups is 3. The lowest BCUT2D eigenvalue weighted by Crippen LogP contribution is -2.40. The molecule has 9 heteroatoms. The Morgan fingerprint density at radius 2 is 0.667 bits per heavy atom. The minimum atomic E-state index is -1.51. The van der Waals surface area contributed by atoms with E-state index in [4.69, 9.17) is 18.9 Å². The standard InChI is InChI=1S/C72H135NO8/c1-6-8-10-12-14-16-18-20-22-24-26-28-30-31-32-33-34-35-36-37-38-39-41-42-44-46-48-50-52-54-56-58-60-62-69(74)79-66-68(67-80-72(71(76)77)78-65-64-73(3,4)5)81-70(75)63-61-59-57-55-53-51-49-47-45-43-40-29-27-25-23-21-19-17-15-13-11-9-7-2/h19,21,24-27,68,72H,6-18,20,22-23,28-67H2,1-5H3/p+1/b21-19-,26-24-,27-25-. The van der Waals surface area contributed by atoms with E-state index in [1.165, 1.54) is 276 Å². The van der Waals surface area contributed by atoms with E-state index in [1.807, 2.05) is 21.1 Å². The highest BCUT2D eigenvalue weighted by molar-refractivity contribution is 5.71. The third-order valence-corrected chi connectivity index (χ3v) is 15.9. The molecule has 0 radical (unpaired) electrons. The summed E-state index contributed by atoms with van der Waals surface area (Å²) in [4.78, 5) is 37.6. The summed E-state index contributed by atoms with van der Waals surface area (Å²) in [7, 11) is 5.99. The van der Waals surface area contributed by atoms with Gasteiger partial charge in [0, 0.05) is 12.8 Å². The highest BCUT2D eigenvalue weighted by atomic mass is 16.7. The van der Waals surface area contributed by atoms with Crippen molar-refractivity contribution in [3.05, 3.63) is 36.5 Å². The largest absolute Gasteiger partial charge is 0.477 e. The molecule has 1 N–H and O–H groups in total. The summed E-state index contributed by atoms with van der Waals surface area (Å²) >= 11 is 0. The first-order valence-corrected chi connectivity index (χ1v) is 35.2.